The van der Waals surface area contributed by atoms with Gasteiger partial charge < -0.3 is 9.72 Å². The smallest absolute Gasteiger partial charge is 0.416 e. The number of nitrogens with one attached hydrogen (secondary N) is 1. The van der Waals surface area contributed by atoms with E-state index in [4.69, 9.17) is 4.74 Å². The molecule has 2 aromatic heterocycles. The van der Waals surface area contributed by atoms with E-state index >= 15 is 4.39 Å². The second-order valence-electron chi connectivity index (χ2n) is 8.72. The number of nitrogens with zero attached hydrogens (tertiary/aromatic N) is 3. The van der Waals surface area contributed by atoms with Gasteiger partial charge in [0.15, 0.2) is 5.82 Å². The second-order valence-corrected chi connectivity index (χ2v) is 8.72. The maximum atomic E-state index is 15.0. The summed E-state index contributed by atoms with van der Waals surface area (Å²) in [5.74, 6) is -0.826. The van der Waals surface area contributed by atoms with Crippen molar-refractivity contribution in [2.24, 2.45) is 0 Å². The van der Waals surface area contributed by atoms with Gasteiger partial charge in [-0.2, -0.15) is 0 Å². The Kier molecular flexibility index (Phi) is 6.49. The molecule has 1 amide bonds. The summed E-state index contributed by atoms with van der Waals surface area (Å²) in [5, 5.41) is 0.320. The number of carbonyl (C=O) groups is 1. The number of halogens is 3. The van der Waals surface area contributed by atoms with Crippen LogP contribution in [0.15, 0.2) is 29.1 Å². The fraction of sp³-hybridized carbons (Fsp3) is 0.391. The number of anilines is 1. The Bertz CT molecular complexity index is 1270. The molecule has 3 rings (SSSR count). The number of ether oxygens (including phenoxy) is 1. The van der Waals surface area contributed by atoms with Gasteiger partial charge in [0.25, 0.3) is 12.0 Å². The molecule has 10 heteroatoms. The van der Waals surface area contributed by atoms with E-state index in [2.05, 4.69) is 15.0 Å². The zero-order valence-electron chi connectivity index (χ0n) is 19.2. The molecule has 33 heavy (non-hydrogen) atoms. The van der Waals surface area contributed by atoms with Crippen LogP contribution in [-0.4, -0.2) is 26.6 Å². The van der Waals surface area contributed by atoms with Crippen LogP contribution in [0, 0.1) is 19.7 Å². The molecule has 0 spiro atoms. The van der Waals surface area contributed by atoms with Crippen molar-refractivity contribution in [2.75, 3.05) is 4.90 Å². The lowest BCUT2D eigenvalue weighted by Gasteiger charge is -2.32. The number of carbonyl (C=O) groups excluding carboxylic acids is 1. The molecule has 1 N–H and O–H groups in total. The number of fused-ring (bicyclic) bond motifs is 1. The maximum absolute atomic E-state index is 15.0. The number of aromatic nitrogens is 3. The maximum Gasteiger partial charge on any atom is 0.416 e. The van der Waals surface area contributed by atoms with Crippen molar-refractivity contribution >= 4 is 22.9 Å². The van der Waals surface area contributed by atoms with E-state index in [-0.39, 0.29) is 28.4 Å². The van der Waals surface area contributed by atoms with Crippen LogP contribution in [0.3, 0.4) is 0 Å². The fourth-order valence-electron chi connectivity index (χ4n) is 3.40. The van der Waals surface area contributed by atoms with Crippen LogP contribution in [-0.2, 0) is 4.74 Å². The molecule has 3 aromatic rings. The first-order chi connectivity index (χ1) is 15.3. The Morgan fingerprint density at radius 1 is 1.15 bits per heavy atom. The third-order valence-corrected chi connectivity index (χ3v) is 4.94. The molecule has 1 atom stereocenters. The topological polar surface area (TPSA) is 88.2 Å². The zero-order chi connectivity index (χ0) is 24.7. The molecular weight excluding hydrogens is 437 g/mol. The Morgan fingerprint density at radius 2 is 1.79 bits per heavy atom. The number of aryl methyl sites for hydroxylation is 2. The van der Waals surface area contributed by atoms with Crippen LogP contribution in [0.5, 0.6) is 0 Å². The van der Waals surface area contributed by atoms with Crippen LogP contribution in [0.25, 0.3) is 11.0 Å². The summed E-state index contributed by atoms with van der Waals surface area (Å²) in [6, 6.07) is 4.05. The first-order valence-corrected chi connectivity index (χ1v) is 10.3. The van der Waals surface area contributed by atoms with Gasteiger partial charge in [0.2, 0.25) is 0 Å². The number of hydrogen-bond acceptors (Lipinski definition) is 5. The summed E-state index contributed by atoms with van der Waals surface area (Å²) in [6.07, 6.45) is -3.89. The highest BCUT2D eigenvalue weighted by Gasteiger charge is 2.33. The standard InChI is InChI=1S/C23H25F3N4O3/c1-11-10-16-19(29-21(11)31)27-13(3)28-20(16)30(22(32)33-23(4,5)6)12(2)14-8-7-9-15(17(14)24)18(25)26/h7-10,12,18H,1-6H3,(H,27,28,29,31)/t12-/m1/s1. The number of rotatable bonds is 4. The monoisotopic (exact) mass is 462 g/mol. The van der Waals surface area contributed by atoms with Gasteiger partial charge in [0.05, 0.1) is 17.0 Å². The van der Waals surface area contributed by atoms with Crippen molar-refractivity contribution in [3.05, 3.63) is 63.0 Å². The normalized spacial score (nSPS) is 12.8. The number of pyridine rings is 1. The van der Waals surface area contributed by atoms with Gasteiger partial charge in [-0.25, -0.2) is 27.9 Å². The quantitative estimate of drug-likeness (QED) is 0.552. The van der Waals surface area contributed by atoms with Gasteiger partial charge in [-0.05, 0) is 47.6 Å². The number of aromatic amines is 1. The van der Waals surface area contributed by atoms with Crippen LogP contribution in [0.2, 0.25) is 0 Å². The summed E-state index contributed by atoms with van der Waals surface area (Å²) in [4.78, 5) is 37.7. The van der Waals surface area contributed by atoms with Gasteiger partial charge in [0, 0.05) is 11.1 Å². The van der Waals surface area contributed by atoms with Crippen LogP contribution in [0.4, 0.5) is 23.8 Å². The molecule has 7 nitrogen and oxygen atoms in total. The van der Waals surface area contributed by atoms with E-state index in [9.17, 15) is 18.4 Å². The van der Waals surface area contributed by atoms with Crippen molar-refractivity contribution in [1.82, 2.24) is 15.0 Å². The summed E-state index contributed by atoms with van der Waals surface area (Å²) < 4.78 is 47.2. The lowest BCUT2D eigenvalue weighted by atomic mass is 10.0. The molecule has 176 valence electrons. The molecule has 0 fully saturated rings. The summed E-state index contributed by atoms with van der Waals surface area (Å²) in [7, 11) is 0. The molecule has 0 aliphatic heterocycles. The molecular formula is C23H25F3N4O3. The Balaban J connectivity index is 2.29. The van der Waals surface area contributed by atoms with E-state index in [0.29, 0.717) is 10.9 Å². The zero-order valence-corrected chi connectivity index (χ0v) is 19.2. The largest absolute Gasteiger partial charge is 0.443 e. The Labute approximate surface area is 188 Å². The first kappa shape index (κ1) is 24.2. The van der Waals surface area contributed by atoms with Gasteiger partial charge >= 0.3 is 6.09 Å². The number of amides is 1. The summed E-state index contributed by atoms with van der Waals surface area (Å²) >= 11 is 0. The van der Waals surface area contributed by atoms with Crippen molar-refractivity contribution in [3.63, 3.8) is 0 Å². The minimum Gasteiger partial charge on any atom is -0.443 e. The third kappa shape index (κ3) is 4.99. The minimum absolute atomic E-state index is 0.0560. The second kappa shape index (κ2) is 8.84. The Hall–Kier alpha value is -3.43. The molecule has 1 aromatic carbocycles. The van der Waals surface area contributed by atoms with Crippen LogP contribution >= 0.6 is 0 Å². The van der Waals surface area contributed by atoms with Crippen molar-refractivity contribution in [2.45, 2.75) is 59.6 Å². The molecule has 0 aliphatic rings. The SMILES string of the molecule is Cc1nc(N(C(=O)OC(C)(C)C)[C@H](C)c2cccc(C(F)F)c2F)c2cc(C)c(=O)[nH]c2n1. The first-order valence-electron chi connectivity index (χ1n) is 10.3. The van der Waals surface area contributed by atoms with E-state index in [1.807, 2.05) is 0 Å². The van der Waals surface area contributed by atoms with Gasteiger partial charge in [-0.1, -0.05) is 18.2 Å². The predicted molar refractivity (Wildman–Crippen MR) is 118 cm³/mol. The molecule has 0 aliphatic carbocycles. The van der Waals surface area contributed by atoms with E-state index in [0.717, 1.165) is 11.0 Å². The van der Waals surface area contributed by atoms with E-state index in [1.165, 1.54) is 25.1 Å². The van der Waals surface area contributed by atoms with Crippen molar-refractivity contribution in [3.8, 4) is 0 Å². The molecule has 0 saturated carbocycles. The minimum atomic E-state index is -3.03. The molecule has 0 unspecified atom stereocenters. The predicted octanol–water partition coefficient (Wildman–Crippen LogP) is 5.51. The average molecular weight is 462 g/mol. The number of H-pyrrole nitrogens is 1. The van der Waals surface area contributed by atoms with Crippen LogP contribution < -0.4 is 10.5 Å². The highest BCUT2D eigenvalue weighted by Crippen LogP contribution is 2.35. The summed E-state index contributed by atoms with van der Waals surface area (Å²) in [5.41, 5.74) is -1.65. The van der Waals surface area contributed by atoms with Crippen molar-refractivity contribution < 1.29 is 22.7 Å². The van der Waals surface area contributed by atoms with Gasteiger partial charge in [-0.3, -0.25) is 9.69 Å². The fourth-order valence-corrected chi connectivity index (χ4v) is 3.40. The highest BCUT2D eigenvalue weighted by atomic mass is 19.3. The number of hydrogen-bond donors (Lipinski definition) is 1. The lowest BCUT2D eigenvalue weighted by molar-refractivity contribution is 0.0566. The van der Waals surface area contributed by atoms with E-state index in [1.54, 1.807) is 34.6 Å². The van der Waals surface area contributed by atoms with Gasteiger partial charge in [0.1, 0.15) is 22.9 Å². The van der Waals surface area contributed by atoms with Gasteiger partial charge in [-0.15, -0.1) is 0 Å². The molecule has 0 radical (unpaired) electrons. The summed E-state index contributed by atoms with van der Waals surface area (Å²) in [6.45, 7) is 9.62. The highest BCUT2D eigenvalue weighted by molar-refractivity contribution is 5.98. The van der Waals surface area contributed by atoms with Crippen LogP contribution in [0.1, 0.15) is 62.7 Å². The Morgan fingerprint density at radius 3 is 2.39 bits per heavy atom. The molecule has 0 bridgehead atoms. The lowest BCUT2D eigenvalue weighted by Crippen LogP contribution is -2.39. The molecule has 2 heterocycles. The van der Waals surface area contributed by atoms with E-state index < -0.39 is 35.5 Å². The third-order valence-electron chi connectivity index (χ3n) is 4.94. The average Bonchev–Trinajstić information content (AvgIpc) is 2.68. The number of alkyl halides is 2. The van der Waals surface area contributed by atoms with Crippen molar-refractivity contribution in [1.29, 1.82) is 0 Å². The number of benzene rings is 1. The molecule has 0 saturated heterocycles.